The fraction of sp³-hybridized carbons (Fsp3) is 0. The lowest BCUT2D eigenvalue weighted by Crippen LogP contribution is -1.78. The lowest BCUT2D eigenvalue weighted by atomic mass is 10.1. The smallest absolute Gasteiger partial charge is 0.142 e. The molecule has 0 aliphatic heterocycles. The first-order chi connectivity index (χ1) is 6.26. The number of hydrogen-bond acceptors (Lipinski definition) is 2. The Hall–Kier alpha value is -1.59. The van der Waals surface area contributed by atoms with Gasteiger partial charge in [0.05, 0.1) is 11.6 Å². The fourth-order valence-electron chi connectivity index (χ4n) is 0.924. The molecule has 1 aromatic rings. The van der Waals surface area contributed by atoms with E-state index in [0.717, 1.165) is 5.56 Å². The van der Waals surface area contributed by atoms with Crippen LogP contribution in [0.5, 0.6) is 0 Å². The number of halogens is 1. The van der Waals surface area contributed by atoms with Crippen molar-refractivity contribution >= 4 is 24.0 Å². The summed E-state index contributed by atoms with van der Waals surface area (Å²) in [5.41, 5.74) is 1.23. The standard InChI is InChI=1S/C10H6ClNO/c11-10-5-8(2-1-3-13)4-9(6-10)7-12/h1-6H. The van der Waals surface area contributed by atoms with E-state index >= 15 is 0 Å². The molecular weight excluding hydrogens is 186 g/mol. The minimum atomic E-state index is 0.484. The Morgan fingerprint density at radius 2 is 2.15 bits per heavy atom. The van der Waals surface area contributed by atoms with Crippen LogP contribution < -0.4 is 0 Å². The van der Waals surface area contributed by atoms with Crippen molar-refractivity contribution in [2.75, 3.05) is 0 Å². The van der Waals surface area contributed by atoms with E-state index in [1.807, 2.05) is 6.07 Å². The van der Waals surface area contributed by atoms with Crippen LogP contribution in [0.15, 0.2) is 24.3 Å². The summed E-state index contributed by atoms with van der Waals surface area (Å²) < 4.78 is 0. The van der Waals surface area contributed by atoms with Gasteiger partial charge in [-0.1, -0.05) is 17.7 Å². The zero-order valence-corrected chi connectivity index (χ0v) is 7.45. The first kappa shape index (κ1) is 9.50. The summed E-state index contributed by atoms with van der Waals surface area (Å²) in [7, 11) is 0. The number of hydrogen-bond donors (Lipinski definition) is 0. The highest BCUT2D eigenvalue weighted by molar-refractivity contribution is 6.30. The topological polar surface area (TPSA) is 40.9 Å². The quantitative estimate of drug-likeness (QED) is 0.532. The number of rotatable bonds is 2. The molecule has 1 aromatic carbocycles. The van der Waals surface area contributed by atoms with Crippen LogP contribution in [0.1, 0.15) is 11.1 Å². The molecule has 1 rings (SSSR count). The summed E-state index contributed by atoms with van der Waals surface area (Å²) in [6.45, 7) is 0. The van der Waals surface area contributed by atoms with E-state index in [2.05, 4.69) is 0 Å². The molecule has 0 spiro atoms. The lowest BCUT2D eigenvalue weighted by Gasteiger charge is -1.95. The van der Waals surface area contributed by atoms with Crippen LogP contribution in [0.4, 0.5) is 0 Å². The molecule has 64 valence electrons. The number of benzene rings is 1. The van der Waals surface area contributed by atoms with Crippen molar-refractivity contribution in [3.8, 4) is 6.07 Å². The van der Waals surface area contributed by atoms with Gasteiger partial charge in [-0.2, -0.15) is 5.26 Å². The average Bonchev–Trinajstić information content (AvgIpc) is 2.14. The van der Waals surface area contributed by atoms with Crippen LogP contribution in [0.25, 0.3) is 6.08 Å². The number of nitriles is 1. The molecule has 0 atom stereocenters. The average molecular weight is 192 g/mol. The molecule has 0 N–H and O–H groups in total. The zero-order chi connectivity index (χ0) is 9.68. The highest BCUT2D eigenvalue weighted by Gasteiger charge is 1.95. The van der Waals surface area contributed by atoms with Crippen molar-refractivity contribution in [2.24, 2.45) is 0 Å². The fourth-order valence-corrected chi connectivity index (χ4v) is 1.17. The number of carbonyl (C=O) groups excluding carboxylic acids is 1. The third kappa shape index (κ3) is 2.73. The van der Waals surface area contributed by atoms with Gasteiger partial charge in [-0.05, 0) is 29.8 Å². The van der Waals surface area contributed by atoms with Crippen LogP contribution >= 0.6 is 11.6 Å². The van der Waals surface area contributed by atoms with Gasteiger partial charge in [-0.25, -0.2) is 0 Å². The van der Waals surface area contributed by atoms with Gasteiger partial charge in [-0.3, -0.25) is 4.79 Å². The van der Waals surface area contributed by atoms with E-state index in [1.165, 1.54) is 6.08 Å². The van der Waals surface area contributed by atoms with Crippen LogP contribution in [0.3, 0.4) is 0 Å². The van der Waals surface area contributed by atoms with E-state index in [1.54, 1.807) is 24.3 Å². The SMILES string of the molecule is N#Cc1cc(Cl)cc(C=CC=O)c1. The number of carbonyl (C=O) groups is 1. The molecule has 0 aliphatic rings. The summed E-state index contributed by atoms with van der Waals surface area (Å²) in [6, 6.07) is 6.89. The monoisotopic (exact) mass is 191 g/mol. The molecule has 0 saturated heterocycles. The second-order valence-corrected chi connectivity index (χ2v) is 2.82. The molecule has 13 heavy (non-hydrogen) atoms. The third-order valence-corrected chi connectivity index (χ3v) is 1.63. The van der Waals surface area contributed by atoms with E-state index < -0.39 is 0 Å². The molecule has 0 unspecified atom stereocenters. The highest BCUT2D eigenvalue weighted by atomic mass is 35.5. The van der Waals surface area contributed by atoms with Crippen molar-refractivity contribution in [3.63, 3.8) is 0 Å². The van der Waals surface area contributed by atoms with Crippen LogP contribution in [-0.4, -0.2) is 6.29 Å². The Kier molecular flexibility index (Phi) is 3.24. The summed E-state index contributed by atoms with van der Waals surface area (Å²) in [6.07, 6.45) is 3.62. The largest absolute Gasteiger partial charge is 0.299 e. The second kappa shape index (κ2) is 4.44. The number of aldehydes is 1. The molecule has 0 saturated carbocycles. The van der Waals surface area contributed by atoms with Crippen molar-refractivity contribution in [1.82, 2.24) is 0 Å². The Morgan fingerprint density at radius 1 is 1.38 bits per heavy atom. The maximum Gasteiger partial charge on any atom is 0.142 e. The highest BCUT2D eigenvalue weighted by Crippen LogP contribution is 2.15. The molecule has 0 amide bonds. The van der Waals surface area contributed by atoms with Crippen molar-refractivity contribution in [2.45, 2.75) is 0 Å². The number of allylic oxidation sites excluding steroid dienone is 1. The van der Waals surface area contributed by atoms with E-state index in [4.69, 9.17) is 16.9 Å². The van der Waals surface area contributed by atoms with E-state index in [-0.39, 0.29) is 0 Å². The molecular formula is C10H6ClNO. The predicted octanol–water partition coefficient (Wildman–Crippen LogP) is 2.42. The van der Waals surface area contributed by atoms with Gasteiger partial charge in [0, 0.05) is 5.02 Å². The Morgan fingerprint density at radius 3 is 2.77 bits per heavy atom. The number of nitrogens with zero attached hydrogens (tertiary/aromatic N) is 1. The first-order valence-corrected chi connectivity index (χ1v) is 3.96. The van der Waals surface area contributed by atoms with Crippen LogP contribution in [0, 0.1) is 11.3 Å². The first-order valence-electron chi connectivity index (χ1n) is 3.59. The van der Waals surface area contributed by atoms with Gasteiger partial charge in [0.15, 0.2) is 0 Å². The van der Waals surface area contributed by atoms with E-state index in [9.17, 15) is 4.79 Å². The van der Waals surface area contributed by atoms with Gasteiger partial charge >= 0.3 is 0 Å². The Bertz CT molecular complexity index is 390. The van der Waals surface area contributed by atoms with Crippen LogP contribution in [0.2, 0.25) is 5.02 Å². The molecule has 2 nitrogen and oxygen atoms in total. The minimum Gasteiger partial charge on any atom is -0.299 e. The minimum absolute atomic E-state index is 0.484. The van der Waals surface area contributed by atoms with E-state index in [0.29, 0.717) is 16.9 Å². The van der Waals surface area contributed by atoms with Crippen LogP contribution in [-0.2, 0) is 4.79 Å². The summed E-state index contributed by atoms with van der Waals surface area (Å²) >= 11 is 5.73. The summed E-state index contributed by atoms with van der Waals surface area (Å²) in [5.74, 6) is 0. The summed E-state index contributed by atoms with van der Waals surface area (Å²) in [4.78, 5) is 10.0. The maximum atomic E-state index is 10.0. The van der Waals surface area contributed by atoms with Crippen molar-refractivity contribution in [3.05, 3.63) is 40.4 Å². The third-order valence-electron chi connectivity index (χ3n) is 1.42. The van der Waals surface area contributed by atoms with Gasteiger partial charge in [0.25, 0.3) is 0 Å². The normalized spacial score (nSPS) is 9.85. The molecule has 0 fully saturated rings. The summed E-state index contributed by atoms with van der Waals surface area (Å²) in [5, 5.41) is 9.10. The van der Waals surface area contributed by atoms with Gasteiger partial charge < -0.3 is 0 Å². The zero-order valence-electron chi connectivity index (χ0n) is 6.70. The second-order valence-electron chi connectivity index (χ2n) is 2.38. The Balaban J connectivity index is 3.10. The molecule has 0 heterocycles. The van der Waals surface area contributed by atoms with Gasteiger partial charge in [0.2, 0.25) is 0 Å². The van der Waals surface area contributed by atoms with Gasteiger partial charge in [-0.15, -0.1) is 0 Å². The van der Waals surface area contributed by atoms with Crippen molar-refractivity contribution < 1.29 is 4.79 Å². The van der Waals surface area contributed by atoms with Gasteiger partial charge in [0.1, 0.15) is 6.29 Å². The molecule has 0 bridgehead atoms. The maximum absolute atomic E-state index is 10.0. The molecule has 0 aromatic heterocycles. The lowest BCUT2D eigenvalue weighted by molar-refractivity contribution is -0.104. The molecule has 3 heteroatoms. The molecule has 0 radical (unpaired) electrons. The predicted molar refractivity (Wildman–Crippen MR) is 51.3 cm³/mol. The Labute approximate surface area is 81.1 Å². The van der Waals surface area contributed by atoms with Crippen molar-refractivity contribution in [1.29, 1.82) is 5.26 Å². The molecule has 0 aliphatic carbocycles.